The maximum Gasteiger partial charge on any atom is 0.234 e. The van der Waals surface area contributed by atoms with Gasteiger partial charge in [-0.15, -0.1) is 0 Å². The Morgan fingerprint density at radius 3 is 2.60 bits per heavy atom. The predicted octanol–water partition coefficient (Wildman–Crippen LogP) is 2.47. The van der Waals surface area contributed by atoms with Gasteiger partial charge in [0.05, 0.1) is 6.54 Å². The van der Waals surface area contributed by atoms with Crippen LogP contribution in [0.5, 0.6) is 0 Å². The van der Waals surface area contributed by atoms with Crippen molar-refractivity contribution in [3.05, 3.63) is 35.9 Å². The highest BCUT2D eigenvalue weighted by Gasteiger charge is 2.26. The highest BCUT2D eigenvalue weighted by molar-refractivity contribution is 5.78. The summed E-state index contributed by atoms with van der Waals surface area (Å²) in [5, 5.41) is 3.24. The molecule has 1 amide bonds. The van der Waals surface area contributed by atoms with Crippen LogP contribution in [-0.2, 0) is 11.2 Å². The van der Waals surface area contributed by atoms with Crippen molar-refractivity contribution >= 4 is 5.91 Å². The number of nitrogens with zero attached hydrogens (tertiary/aromatic N) is 1. The summed E-state index contributed by atoms with van der Waals surface area (Å²) in [7, 11) is 3.86. The molecule has 0 saturated heterocycles. The highest BCUT2D eigenvalue weighted by atomic mass is 16.2. The second-order valence-corrected chi connectivity index (χ2v) is 6.15. The van der Waals surface area contributed by atoms with Gasteiger partial charge in [-0.05, 0) is 44.8 Å². The van der Waals surface area contributed by atoms with E-state index < -0.39 is 0 Å². The van der Waals surface area contributed by atoms with Gasteiger partial charge in [0.25, 0.3) is 0 Å². The molecule has 110 valence electrons. The van der Waals surface area contributed by atoms with Gasteiger partial charge in [0, 0.05) is 6.04 Å². The second kappa shape index (κ2) is 7.44. The van der Waals surface area contributed by atoms with Crippen molar-refractivity contribution in [3.63, 3.8) is 0 Å². The van der Waals surface area contributed by atoms with Gasteiger partial charge < -0.3 is 10.2 Å². The molecule has 0 bridgehead atoms. The van der Waals surface area contributed by atoms with Gasteiger partial charge in [0.15, 0.2) is 0 Å². The van der Waals surface area contributed by atoms with Crippen molar-refractivity contribution in [1.29, 1.82) is 0 Å². The van der Waals surface area contributed by atoms with Gasteiger partial charge in [-0.25, -0.2) is 0 Å². The molecular weight excluding hydrogens is 248 g/mol. The summed E-state index contributed by atoms with van der Waals surface area (Å²) < 4.78 is 0. The first kappa shape index (κ1) is 15.0. The van der Waals surface area contributed by atoms with Gasteiger partial charge in [-0.3, -0.25) is 4.79 Å². The minimum atomic E-state index is 0.153. The summed E-state index contributed by atoms with van der Waals surface area (Å²) >= 11 is 0. The normalized spacial score (nSPS) is 22.8. The molecule has 1 N–H and O–H groups in total. The third-order valence-electron chi connectivity index (χ3n) is 4.06. The highest BCUT2D eigenvalue weighted by Crippen LogP contribution is 2.27. The minimum absolute atomic E-state index is 0.153. The van der Waals surface area contributed by atoms with Crippen LogP contribution in [0.4, 0.5) is 0 Å². The zero-order valence-corrected chi connectivity index (χ0v) is 12.6. The molecule has 0 aromatic heterocycles. The van der Waals surface area contributed by atoms with Crippen LogP contribution >= 0.6 is 0 Å². The molecule has 1 aromatic rings. The van der Waals surface area contributed by atoms with Crippen molar-refractivity contribution in [2.45, 2.75) is 38.1 Å². The maximum absolute atomic E-state index is 12.0. The molecule has 3 nitrogen and oxygen atoms in total. The molecule has 1 fully saturated rings. The Balaban J connectivity index is 1.93. The molecule has 0 spiro atoms. The van der Waals surface area contributed by atoms with Crippen LogP contribution in [0.1, 0.15) is 31.2 Å². The number of nitrogens with one attached hydrogen (secondary N) is 1. The Bertz CT molecular complexity index is 416. The largest absolute Gasteiger partial charge is 0.352 e. The van der Waals surface area contributed by atoms with Crippen LogP contribution in [0.2, 0.25) is 0 Å². The lowest BCUT2D eigenvalue weighted by molar-refractivity contribution is -0.123. The summed E-state index contributed by atoms with van der Waals surface area (Å²) in [5.74, 6) is 0.734. The van der Waals surface area contributed by atoms with Crippen molar-refractivity contribution < 1.29 is 4.79 Å². The third-order valence-corrected chi connectivity index (χ3v) is 4.06. The molecule has 20 heavy (non-hydrogen) atoms. The van der Waals surface area contributed by atoms with Crippen molar-refractivity contribution in [2.75, 3.05) is 20.6 Å². The molecule has 1 saturated carbocycles. The maximum atomic E-state index is 12.0. The topological polar surface area (TPSA) is 32.3 Å². The van der Waals surface area contributed by atoms with E-state index in [1.807, 2.05) is 19.0 Å². The number of hydrogen-bond donors (Lipinski definition) is 1. The van der Waals surface area contributed by atoms with Crippen molar-refractivity contribution in [1.82, 2.24) is 10.2 Å². The van der Waals surface area contributed by atoms with E-state index in [0.29, 0.717) is 18.5 Å². The number of hydrogen-bond acceptors (Lipinski definition) is 2. The number of rotatable bonds is 5. The van der Waals surface area contributed by atoms with Gasteiger partial charge >= 0.3 is 0 Å². The summed E-state index contributed by atoms with van der Waals surface area (Å²) in [6, 6.07) is 11.0. The van der Waals surface area contributed by atoms with Crippen LogP contribution in [0.15, 0.2) is 30.3 Å². The van der Waals surface area contributed by atoms with E-state index in [2.05, 4.69) is 35.6 Å². The summed E-state index contributed by atoms with van der Waals surface area (Å²) in [4.78, 5) is 13.9. The Kier molecular flexibility index (Phi) is 5.60. The molecule has 2 rings (SSSR count). The van der Waals surface area contributed by atoms with Gasteiger partial charge in [0.2, 0.25) is 5.91 Å². The molecule has 0 heterocycles. The quantitative estimate of drug-likeness (QED) is 0.894. The number of carbonyl (C=O) groups is 1. The summed E-state index contributed by atoms with van der Waals surface area (Å²) in [6.07, 6.45) is 5.95. The van der Waals surface area contributed by atoms with E-state index in [0.717, 1.165) is 12.8 Å². The van der Waals surface area contributed by atoms with Crippen molar-refractivity contribution in [2.24, 2.45) is 5.92 Å². The number of carbonyl (C=O) groups excluding carboxylic acids is 1. The van der Waals surface area contributed by atoms with E-state index in [9.17, 15) is 4.79 Å². The average molecular weight is 274 g/mol. The van der Waals surface area contributed by atoms with Crippen LogP contribution in [0.25, 0.3) is 0 Å². The molecule has 1 aromatic carbocycles. The molecule has 1 aliphatic carbocycles. The second-order valence-electron chi connectivity index (χ2n) is 6.15. The Morgan fingerprint density at radius 2 is 1.90 bits per heavy atom. The van der Waals surface area contributed by atoms with E-state index in [1.54, 1.807) is 0 Å². The van der Waals surface area contributed by atoms with Crippen LogP contribution < -0.4 is 5.32 Å². The van der Waals surface area contributed by atoms with Crippen LogP contribution in [0, 0.1) is 5.92 Å². The van der Waals surface area contributed by atoms with Crippen molar-refractivity contribution in [3.8, 4) is 0 Å². The first-order valence-corrected chi connectivity index (χ1v) is 7.63. The Labute approximate surface area is 122 Å². The fourth-order valence-corrected chi connectivity index (χ4v) is 3.10. The SMILES string of the molecule is CN(C)CC(=O)NC1CCCCC1Cc1ccccc1. The lowest BCUT2D eigenvalue weighted by Crippen LogP contribution is -2.45. The van der Waals surface area contributed by atoms with Gasteiger partial charge in [0.1, 0.15) is 0 Å². The van der Waals surface area contributed by atoms with Crippen LogP contribution in [0.3, 0.4) is 0 Å². The Morgan fingerprint density at radius 1 is 1.20 bits per heavy atom. The molecule has 3 heteroatoms. The standard InChI is InChI=1S/C17H26N2O/c1-19(2)13-17(20)18-16-11-7-6-10-15(16)12-14-8-4-3-5-9-14/h3-5,8-9,15-16H,6-7,10-13H2,1-2H3,(H,18,20). The van der Waals surface area contributed by atoms with E-state index in [1.165, 1.54) is 24.8 Å². The average Bonchev–Trinajstić information content (AvgIpc) is 2.41. The fraction of sp³-hybridized carbons (Fsp3) is 0.588. The predicted molar refractivity (Wildman–Crippen MR) is 82.6 cm³/mol. The molecule has 0 radical (unpaired) electrons. The molecule has 0 aliphatic heterocycles. The molecular formula is C17H26N2O. The Hall–Kier alpha value is -1.35. The molecule has 2 atom stereocenters. The minimum Gasteiger partial charge on any atom is -0.352 e. The summed E-state index contributed by atoms with van der Waals surface area (Å²) in [6.45, 7) is 0.481. The number of amides is 1. The van der Waals surface area contributed by atoms with E-state index in [4.69, 9.17) is 0 Å². The lowest BCUT2D eigenvalue weighted by atomic mass is 9.80. The third kappa shape index (κ3) is 4.64. The summed E-state index contributed by atoms with van der Waals surface area (Å²) in [5.41, 5.74) is 1.38. The lowest BCUT2D eigenvalue weighted by Gasteiger charge is -2.32. The number of benzene rings is 1. The molecule has 2 unspecified atom stereocenters. The fourth-order valence-electron chi connectivity index (χ4n) is 3.10. The van der Waals surface area contributed by atoms with Gasteiger partial charge in [-0.2, -0.15) is 0 Å². The monoisotopic (exact) mass is 274 g/mol. The first-order valence-electron chi connectivity index (χ1n) is 7.63. The van der Waals surface area contributed by atoms with E-state index in [-0.39, 0.29) is 5.91 Å². The molecule has 1 aliphatic rings. The van der Waals surface area contributed by atoms with E-state index >= 15 is 0 Å². The smallest absolute Gasteiger partial charge is 0.234 e. The van der Waals surface area contributed by atoms with Crippen LogP contribution in [-0.4, -0.2) is 37.5 Å². The zero-order chi connectivity index (χ0) is 14.4. The first-order chi connectivity index (χ1) is 9.65. The zero-order valence-electron chi connectivity index (χ0n) is 12.6. The van der Waals surface area contributed by atoms with Gasteiger partial charge in [-0.1, -0.05) is 43.2 Å². The number of likely N-dealkylation sites (N-methyl/N-ethyl adjacent to an activating group) is 1.